The van der Waals surface area contributed by atoms with Crippen LogP contribution in [0, 0.1) is 5.82 Å². The molecule has 3 N–H and O–H groups in total. The van der Waals surface area contributed by atoms with Crippen LogP contribution in [0.2, 0.25) is 5.02 Å². The number of nitrogens with two attached hydrogens (primary N) is 1. The lowest BCUT2D eigenvalue weighted by Crippen LogP contribution is -2.54. The van der Waals surface area contributed by atoms with E-state index in [0.717, 1.165) is 5.69 Å². The van der Waals surface area contributed by atoms with Gasteiger partial charge in [0.2, 0.25) is 0 Å². The zero-order valence-electron chi connectivity index (χ0n) is 15.4. The number of aromatic nitrogens is 1. The Labute approximate surface area is 171 Å². The fourth-order valence-corrected chi connectivity index (χ4v) is 4.34. The number of carbonyl (C=O) groups excluding carboxylic acids is 1. The van der Waals surface area contributed by atoms with Crippen molar-refractivity contribution >= 4 is 29.3 Å². The topological polar surface area (TPSA) is 80.5 Å². The van der Waals surface area contributed by atoms with Crippen molar-refractivity contribution in [2.45, 2.75) is 24.2 Å². The second-order valence-electron chi connectivity index (χ2n) is 6.17. The summed E-state index contributed by atoms with van der Waals surface area (Å²) in [5.41, 5.74) is 2.02. The van der Waals surface area contributed by atoms with Crippen molar-refractivity contribution in [2.24, 2.45) is 5.84 Å². The Bertz CT molecular complexity index is 897. The summed E-state index contributed by atoms with van der Waals surface area (Å²) in [7, 11) is 1.30. The van der Waals surface area contributed by atoms with Crippen molar-refractivity contribution in [3.8, 4) is 0 Å². The van der Waals surface area contributed by atoms with Gasteiger partial charge in [0.15, 0.2) is 0 Å². The van der Waals surface area contributed by atoms with Crippen LogP contribution in [-0.2, 0) is 15.3 Å². The zero-order valence-corrected chi connectivity index (χ0v) is 16.9. The number of hydrazine groups is 1. The number of esters is 1. The smallest absolute Gasteiger partial charge is 0.337 e. The first-order chi connectivity index (χ1) is 13.4. The summed E-state index contributed by atoms with van der Waals surface area (Å²) in [5, 5.41) is 4.91. The van der Waals surface area contributed by atoms with Gasteiger partial charge in [-0.15, -0.1) is 11.8 Å². The Morgan fingerprint density at radius 3 is 2.86 bits per heavy atom. The lowest BCUT2D eigenvalue weighted by atomic mass is 9.95. The van der Waals surface area contributed by atoms with Gasteiger partial charge in [-0.3, -0.25) is 10.8 Å². The summed E-state index contributed by atoms with van der Waals surface area (Å²) in [6, 6.07) is 9.02. The van der Waals surface area contributed by atoms with Crippen molar-refractivity contribution in [2.75, 3.05) is 7.11 Å². The van der Waals surface area contributed by atoms with Gasteiger partial charge in [-0.2, -0.15) is 0 Å². The number of rotatable bonds is 5. The molecule has 148 valence electrons. The van der Waals surface area contributed by atoms with Gasteiger partial charge in [0, 0.05) is 22.7 Å². The number of hydrogen-bond donors (Lipinski definition) is 2. The Balaban J connectivity index is 1.95. The molecule has 0 amide bonds. The van der Waals surface area contributed by atoms with Gasteiger partial charge in [0.25, 0.3) is 0 Å². The molecule has 2 heterocycles. The first-order valence-electron chi connectivity index (χ1n) is 8.47. The summed E-state index contributed by atoms with van der Waals surface area (Å²) in [4.78, 5) is 16.7. The molecule has 0 saturated heterocycles. The molecular formula is C19H20ClFN4O2S. The number of benzene rings is 1. The molecule has 0 radical (unpaired) electrons. The van der Waals surface area contributed by atoms with Crippen LogP contribution in [0.4, 0.5) is 4.39 Å². The zero-order chi connectivity index (χ0) is 20.3. The molecule has 0 saturated carbocycles. The fraction of sp³-hybridized carbons (Fsp3) is 0.263. The average molecular weight is 423 g/mol. The second kappa shape index (κ2) is 8.91. The van der Waals surface area contributed by atoms with Crippen LogP contribution < -0.4 is 11.2 Å². The summed E-state index contributed by atoms with van der Waals surface area (Å²) >= 11 is 7.79. The summed E-state index contributed by atoms with van der Waals surface area (Å²) in [6.45, 7) is 1.78. The van der Waals surface area contributed by atoms with Gasteiger partial charge in [0.1, 0.15) is 11.3 Å². The van der Waals surface area contributed by atoms with Crippen molar-refractivity contribution < 1.29 is 13.9 Å². The molecule has 3 rings (SSSR count). The molecule has 28 heavy (non-hydrogen) atoms. The van der Waals surface area contributed by atoms with Crippen LogP contribution in [0.1, 0.15) is 24.2 Å². The van der Waals surface area contributed by atoms with E-state index in [1.807, 2.05) is 18.2 Å². The van der Waals surface area contributed by atoms with Gasteiger partial charge < -0.3 is 10.1 Å². The molecule has 0 bridgehead atoms. The number of carbonyl (C=O) groups is 1. The highest BCUT2D eigenvalue weighted by Crippen LogP contribution is 2.39. The van der Waals surface area contributed by atoms with E-state index in [-0.39, 0.29) is 10.5 Å². The molecule has 0 fully saturated rings. The van der Waals surface area contributed by atoms with E-state index in [1.54, 1.807) is 13.1 Å². The van der Waals surface area contributed by atoms with Gasteiger partial charge in [-0.05, 0) is 36.8 Å². The highest BCUT2D eigenvalue weighted by molar-refractivity contribution is 7.99. The molecule has 1 aliphatic heterocycles. The molecule has 2 aromatic rings. The number of pyridine rings is 1. The van der Waals surface area contributed by atoms with E-state index in [1.165, 1.54) is 42.1 Å². The predicted molar refractivity (Wildman–Crippen MR) is 107 cm³/mol. The minimum atomic E-state index is -0.692. The van der Waals surface area contributed by atoms with Gasteiger partial charge in [-0.1, -0.05) is 23.7 Å². The standard InChI is InChI=1S/C19H20ClFN4O2S/c1-11-16(18(26)27-2)17(14-7-6-12(21)9-15(14)20)25(22)19(24-11)28-10-13-5-3-4-8-23-13/h3-9,17,19,24H,10,22H2,1-2H3. The first kappa shape index (κ1) is 20.6. The molecule has 0 aliphatic carbocycles. The van der Waals surface area contributed by atoms with Gasteiger partial charge in [-0.25, -0.2) is 14.2 Å². The largest absolute Gasteiger partial charge is 0.466 e. The molecule has 1 aromatic carbocycles. The van der Waals surface area contributed by atoms with E-state index < -0.39 is 17.8 Å². The minimum absolute atomic E-state index is 0.185. The van der Waals surface area contributed by atoms with E-state index in [4.69, 9.17) is 22.2 Å². The van der Waals surface area contributed by atoms with Crippen LogP contribution in [0.3, 0.4) is 0 Å². The number of halogens is 2. The predicted octanol–water partition coefficient (Wildman–Crippen LogP) is 3.36. The number of allylic oxidation sites excluding steroid dienone is 1. The van der Waals surface area contributed by atoms with Crippen molar-refractivity contribution in [1.82, 2.24) is 15.3 Å². The molecule has 1 aliphatic rings. The van der Waals surface area contributed by atoms with Gasteiger partial charge >= 0.3 is 5.97 Å². The molecule has 0 spiro atoms. The maximum atomic E-state index is 13.5. The number of ether oxygens (including phenoxy) is 1. The average Bonchev–Trinajstić information content (AvgIpc) is 2.69. The van der Waals surface area contributed by atoms with Crippen molar-refractivity contribution in [3.05, 3.63) is 76.0 Å². The first-order valence-corrected chi connectivity index (χ1v) is 9.90. The maximum Gasteiger partial charge on any atom is 0.337 e. The molecule has 2 unspecified atom stereocenters. The Morgan fingerprint density at radius 2 is 2.21 bits per heavy atom. The quantitative estimate of drug-likeness (QED) is 0.564. The van der Waals surface area contributed by atoms with E-state index >= 15 is 0 Å². The minimum Gasteiger partial charge on any atom is -0.466 e. The lowest BCUT2D eigenvalue weighted by molar-refractivity contribution is -0.137. The number of methoxy groups -OCH3 is 1. The second-order valence-corrected chi connectivity index (χ2v) is 7.65. The summed E-state index contributed by atoms with van der Waals surface area (Å²) < 4.78 is 18.5. The third kappa shape index (κ3) is 4.30. The molecule has 9 heteroatoms. The van der Waals surface area contributed by atoms with Crippen LogP contribution in [-0.4, -0.2) is 28.6 Å². The number of nitrogens with one attached hydrogen (secondary N) is 1. The lowest BCUT2D eigenvalue weighted by Gasteiger charge is -2.41. The normalized spacial score (nSPS) is 20.0. The summed E-state index contributed by atoms with van der Waals surface area (Å²) in [5.74, 6) is 6.02. The number of hydrogen-bond acceptors (Lipinski definition) is 7. The molecule has 2 atom stereocenters. The maximum absolute atomic E-state index is 13.5. The molecule has 1 aromatic heterocycles. The Morgan fingerprint density at radius 1 is 1.43 bits per heavy atom. The van der Waals surface area contributed by atoms with E-state index in [9.17, 15) is 9.18 Å². The number of thioether (sulfide) groups is 1. The highest BCUT2D eigenvalue weighted by Gasteiger charge is 2.39. The van der Waals surface area contributed by atoms with Crippen LogP contribution in [0.25, 0.3) is 0 Å². The third-order valence-corrected chi connectivity index (χ3v) is 5.83. The van der Waals surface area contributed by atoms with E-state index in [0.29, 0.717) is 22.6 Å². The Kier molecular flexibility index (Phi) is 6.56. The fourth-order valence-electron chi connectivity index (χ4n) is 3.02. The monoisotopic (exact) mass is 422 g/mol. The highest BCUT2D eigenvalue weighted by atomic mass is 35.5. The Hall–Kier alpha value is -2.13. The third-order valence-electron chi connectivity index (χ3n) is 4.36. The molecule has 6 nitrogen and oxygen atoms in total. The van der Waals surface area contributed by atoms with Crippen molar-refractivity contribution in [1.29, 1.82) is 0 Å². The van der Waals surface area contributed by atoms with Gasteiger partial charge in [0.05, 0.1) is 24.4 Å². The van der Waals surface area contributed by atoms with E-state index in [2.05, 4.69) is 10.3 Å². The number of nitrogens with zero attached hydrogens (tertiary/aromatic N) is 2. The van der Waals surface area contributed by atoms with Crippen LogP contribution in [0.5, 0.6) is 0 Å². The van der Waals surface area contributed by atoms with Crippen LogP contribution >= 0.6 is 23.4 Å². The molecular weight excluding hydrogens is 403 g/mol. The van der Waals surface area contributed by atoms with Crippen LogP contribution in [0.15, 0.2) is 53.9 Å². The van der Waals surface area contributed by atoms with Crippen molar-refractivity contribution in [3.63, 3.8) is 0 Å². The SMILES string of the molecule is COC(=O)C1=C(C)NC(SCc2ccccn2)N(N)C1c1ccc(F)cc1Cl. The summed E-state index contributed by atoms with van der Waals surface area (Å²) in [6.07, 6.45) is 1.73.